The molecule has 6 rings (SSSR count). The number of nitriles is 2. The number of nitrogens with zero attached hydrogens (tertiary/aromatic N) is 3. The summed E-state index contributed by atoms with van der Waals surface area (Å²) in [6, 6.07) is 8.12. The average molecular weight is 331 g/mol. The molecule has 5 saturated carbocycles. The molecule has 0 aliphatic heterocycles. The lowest BCUT2D eigenvalue weighted by Crippen LogP contribution is -2.50. The summed E-state index contributed by atoms with van der Waals surface area (Å²) in [5.41, 5.74) is -0.525. The highest BCUT2D eigenvalue weighted by molar-refractivity contribution is 5.94. The molecule has 0 aromatic carbocycles. The molecule has 0 saturated heterocycles. The van der Waals surface area contributed by atoms with Gasteiger partial charge in [0.25, 0.3) is 0 Å². The zero-order chi connectivity index (χ0) is 17.2. The highest BCUT2D eigenvalue weighted by atomic mass is 16.1. The van der Waals surface area contributed by atoms with Gasteiger partial charge in [-0.15, -0.1) is 0 Å². The van der Waals surface area contributed by atoms with Crippen LogP contribution in [0.2, 0.25) is 0 Å². The summed E-state index contributed by atoms with van der Waals surface area (Å²) in [5, 5.41) is 19.5. The van der Waals surface area contributed by atoms with Crippen LogP contribution in [0.4, 0.5) is 0 Å². The summed E-state index contributed by atoms with van der Waals surface area (Å²) in [6.45, 7) is 0. The van der Waals surface area contributed by atoms with Gasteiger partial charge in [-0.2, -0.15) is 10.5 Å². The number of aromatic nitrogens is 1. The molecule has 1 aromatic heterocycles. The molecule has 1 heterocycles. The first-order valence-electron chi connectivity index (χ1n) is 9.38. The van der Waals surface area contributed by atoms with Crippen LogP contribution in [-0.4, -0.2) is 10.8 Å². The Hall–Kier alpha value is -2.20. The fourth-order valence-electron chi connectivity index (χ4n) is 6.82. The molecule has 5 aliphatic rings. The first-order valence-corrected chi connectivity index (χ1v) is 9.38. The van der Waals surface area contributed by atoms with E-state index >= 15 is 0 Å². The third-order valence-electron chi connectivity index (χ3n) is 7.48. The van der Waals surface area contributed by atoms with Gasteiger partial charge in [0.2, 0.25) is 0 Å². The van der Waals surface area contributed by atoms with Crippen LogP contribution in [0, 0.1) is 57.2 Å². The SMILES string of the molecule is N#CC1(C#N)[C@@H](C(=O)C23CC4CC(CC(C4)C2)C3)[C@@H]1c1ccncc1. The second-order valence-electron chi connectivity index (χ2n) is 8.89. The molecular weight excluding hydrogens is 310 g/mol. The molecule has 0 amide bonds. The van der Waals surface area contributed by atoms with Crippen molar-refractivity contribution in [3.8, 4) is 12.1 Å². The maximum Gasteiger partial charge on any atom is 0.161 e. The minimum absolute atomic E-state index is 0.219. The van der Waals surface area contributed by atoms with Crippen molar-refractivity contribution in [1.29, 1.82) is 10.5 Å². The Labute approximate surface area is 147 Å². The van der Waals surface area contributed by atoms with Gasteiger partial charge in [0.1, 0.15) is 5.78 Å². The molecule has 25 heavy (non-hydrogen) atoms. The number of rotatable bonds is 3. The van der Waals surface area contributed by atoms with Crippen molar-refractivity contribution in [1.82, 2.24) is 4.98 Å². The summed E-state index contributed by atoms with van der Waals surface area (Å²) >= 11 is 0. The van der Waals surface area contributed by atoms with Crippen LogP contribution in [-0.2, 0) is 4.79 Å². The molecule has 0 N–H and O–H groups in total. The summed E-state index contributed by atoms with van der Waals surface area (Å²) in [5.74, 6) is 1.54. The van der Waals surface area contributed by atoms with E-state index in [1.165, 1.54) is 19.3 Å². The second-order valence-corrected chi connectivity index (χ2v) is 8.89. The van der Waals surface area contributed by atoms with E-state index in [4.69, 9.17) is 0 Å². The van der Waals surface area contributed by atoms with E-state index in [1.54, 1.807) is 12.4 Å². The fourth-order valence-corrected chi connectivity index (χ4v) is 6.82. The number of carbonyl (C=O) groups excluding carboxylic acids is 1. The molecule has 4 heteroatoms. The van der Waals surface area contributed by atoms with Crippen molar-refractivity contribution in [3.63, 3.8) is 0 Å². The van der Waals surface area contributed by atoms with Crippen LogP contribution in [0.15, 0.2) is 24.5 Å². The van der Waals surface area contributed by atoms with E-state index in [-0.39, 0.29) is 17.1 Å². The Bertz CT molecular complexity index is 766. The molecule has 0 radical (unpaired) electrons. The third-order valence-corrected chi connectivity index (χ3v) is 7.48. The summed E-state index contributed by atoms with van der Waals surface area (Å²) in [6.07, 6.45) is 10.2. The molecule has 5 aliphatic carbocycles. The summed E-state index contributed by atoms with van der Waals surface area (Å²) in [7, 11) is 0. The lowest BCUT2D eigenvalue weighted by Gasteiger charge is -2.56. The van der Waals surface area contributed by atoms with Gasteiger partial charge >= 0.3 is 0 Å². The van der Waals surface area contributed by atoms with Crippen LogP contribution >= 0.6 is 0 Å². The number of ketones is 1. The minimum atomic E-state index is -1.18. The Kier molecular flexibility index (Phi) is 2.97. The van der Waals surface area contributed by atoms with Gasteiger partial charge in [-0.25, -0.2) is 0 Å². The molecule has 0 unspecified atom stereocenters. The van der Waals surface area contributed by atoms with E-state index < -0.39 is 11.3 Å². The van der Waals surface area contributed by atoms with Gasteiger partial charge in [-0.3, -0.25) is 9.78 Å². The Balaban J connectivity index is 1.51. The van der Waals surface area contributed by atoms with Gasteiger partial charge in [0.15, 0.2) is 5.41 Å². The lowest BCUT2D eigenvalue weighted by atomic mass is 9.48. The molecule has 126 valence electrons. The summed E-state index contributed by atoms with van der Waals surface area (Å²) < 4.78 is 0. The molecule has 5 fully saturated rings. The molecule has 2 atom stereocenters. The van der Waals surface area contributed by atoms with Gasteiger partial charge in [-0.1, -0.05) is 0 Å². The number of pyridine rings is 1. The zero-order valence-corrected chi connectivity index (χ0v) is 14.2. The molecule has 4 nitrogen and oxygen atoms in total. The number of carbonyl (C=O) groups is 1. The van der Waals surface area contributed by atoms with E-state index in [0.717, 1.165) is 24.8 Å². The largest absolute Gasteiger partial charge is 0.299 e. The third kappa shape index (κ3) is 1.92. The van der Waals surface area contributed by atoms with Gasteiger partial charge in [0.05, 0.1) is 18.1 Å². The van der Waals surface area contributed by atoms with E-state index in [0.29, 0.717) is 17.8 Å². The number of Topliss-reactive ketones (excluding diaryl/α,β-unsaturated/α-hetero) is 1. The summed E-state index contributed by atoms with van der Waals surface area (Å²) in [4.78, 5) is 17.7. The van der Waals surface area contributed by atoms with Crippen molar-refractivity contribution >= 4 is 5.78 Å². The topological polar surface area (TPSA) is 77.5 Å². The predicted molar refractivity (Wildman–Crippen MR) is 89.7 cm³/mol. The molecule has 4 bridgehead atoms. The van der Waals surface area contributed by atoms with E-state index in [1.807, 2.05) is 12.1 Å². The zero-order valence-electron chi connectivity index (χ0n) is 14.2. The second kappa shape index (κ2) is 4.92. The van der Waals surface area contributed by atoms with Crippen LogP contribution in [0.3, 0.4) is 0 Å². The quantitative estimate of drug-likeness (QED) is 0.847. The Morgan fingerprint density at radius 3 is 2.00 bits per heavy atom. The van der Waals surface area contributed by atoms with Crippen molar-refractivity contribution < 1.29 is 4.79 Å². The Morgan fingerprint density at radius 2 is 1.52 bits per heavy atom. The van der Waals surface area contributed by atoms with E-state index in [9.17, 15) is 15.3 Å². The van der Waals surface area contributed by atoms with Crippen LogP contribution in [0.25, 0.3) is 0 Å². The smallest absolute Gasteiger partial charge is 0.161 e. The minimum Gasteiger partial charge on any atom is -0.299 e. The maximum absolute atomic E-state index is 13.7. The lowest BCUT2D eigenvalue weighted by molar-refractivity contribution is -0.145. The number of hydrogen-bond donors (Lipinski definition) is 0. The van der Waals surface area contributed by atoms with Crippen molar-refractivity contribution in [2.45, 2.75) is 44.4 Å². The van der Waals surface area contributed by atoms with Crippen molar-refractivity contribution in [2.75, 3.05) is 0 Å². The van der Waals surface area contributed by atoms with Crippen molar-refractivity contribution in [2.24, 2.45) is 34.5 Å². The van der Waals surface area contributed by atoms with Gasteiger partial charge in [-0.05, 0) is 74.0 Å². The van der Waals surface area contributed by atoms with E-state index in [2.05, 4.69) is 17.1 Å². The first kappa shape index (κ1) is 15.1. The number of hydrogen-bond acceptors (Lipinski definition) is 4. The maximum atomic E-state index is 13.7. The van der Waals surface area contributed by atoms with Crippen molar-refractivity contribution in [3.05, 3.63) is 30.1 Å². The van der Waals surface area contributed by atoms with Crippen LogP contribution < -0.4 is 0 Å². The highest BCUT2D eigenvalue weighted by Crippen LogP contribution is 2.70. The first-order chi connectivity index (χ1) is 12.1. The van der Waals surface area contributed by atoms with Gasteiger partial charge < -0.3 is 0 Å². The molecular formula is C21H21N3O. The van der Waals surface area contributed by atoms with Gasteiger partial charge in [0, 0.05) is 23.7 Å². The molecule has 0 spiro atoms. The fraction of sp³-hybridized carbons (Fsp3) is 0.619. The predicted octanol–water partition coefficient (Wildman–Crippen LogP) is 3.61. The monoisotopic (exact) mass is 331 g/mol. The molecule has 1 aromatic rings. The Morgan fingerprint density at radius 1 is 1.00 bits per heavy atom. The van der Waals surface area contributed by atoms with Crippen LogP contribution in [0.1, 0.15) is 50.0 Å². The van der Waals surface area contributed by atoms with Crippen LogP contribution in [0.5, 0.6) is 0 Å². The standard InChI is InChI=1S/C21H21N3O/c22-11-21(12-23)17(16-1-3-24-4-2-16)18(21)19(25)20-8-13-5-14(9-20)7-15(6-13)10-20/h1-4,13-15,17-18H,5-10H2/t13?,14?,15?,17-,18+,20?/m0/s1. The average Bonchev–Trinajstić information content (AvgIpc) is 3.30. The normalized spacial score (nSPS) is 42.4. The highest BCUT2D eigenvalue weighted by Gasteiger charge is 2.73.